The Morgan fingerprint density at radius 3 is 1.00 bits per heavy atom. The maximum Gasteiger partial charge on any atom is 0.343 e. The van der Waals surface area contributed by atoms with Crippen molar-refractivity contribution in [3.63, 3.8) is 0 Å². The molecule has 0 radical (unpaired) electrons. The predicted molar refractivity (Wildman–Crippen MR) is 287 cm³/mol. The van der Waals surface area contributed by atoms with Crippen LogP contribution in [0.4, 0.5) is 0 Å². The summed E-state index contributed by atoms with van der Waals surface area (Å²) < 4.78 is 64.1. The van der Waals surface area contributed by atoms with Crippen molar-refractivity contribution in [2.24, 2.45) is 11.8 Å². The van der Waals surface area contributed by atoms with Crippen LogP contribution in [0.15, 0.2) is 136 Å². The van der Waals surface area contributed by atoms with Crippen molar-refractivity contribution in [3.05, 3.63) is 158 Å². The third-order valence-corrected chi connectivity index (χ3v) is 11.6. The molecular weight excluding hydrogens is 1070 g/mol. The monoisotopic (exact) mass is 1130 g/mol. The SMILES string of the molecule is C=CC(=O)OCCCCOc1ccc(C(=O)Oc2ccc(OC(=O)C3CCC(C(=O)Oc4ccc(OC(=O)c5ccc(OCCCCOC(=O)C=C)cc5)c(C(=O)OCCOC(=O)C=C)c4)CC3)cc2C(=O)OCCOC(=O)C=C)cc1. The summed E-state index contributed by atoms with van der Waals surface area (Å²) in [6, 6.07) is 19.4. The molecule has 22 heteroatoms. The van der Waals surface area contributed by atoms with Crippen molar-refractivity contribution in [3.8, 4) is 34.5 Å². The molecule has 1 aliphatic carbocycles. The minimum Gasteiger partial charge on any atom is -0.494 e. The highest BCUT2D eigenvalue weighted by molar-refractivity contribution is 5.98. The van der Waals surface area contributed by atoms with Crippen molar-refractivity contribution in [2.75, 3.05) is 52.9 Å². The quantitative estimate of drug-likeness (QED) is 0.0147. The molecule has 0 saturated heterocycles. The number of ether oxygens (including phenoxy) is 12. The van der Waals surface area contributed by atoms with Crippen LogP contribution in [0.25, 0.3) is 0 Å². The lowest BCUT2D eigenvalue weighted by molar-refractivity contribution is -0.145. The second-order valence-corrected chi connectivity index (χ2v) is 17.4. The molecule has 0 spiro atoms. The van der Waals surface area contributed by atoms with E-state index in [1.54, 1.807) is 24.3 Å². The summed E-state index contributed by atoms with van der Waals surface area (Å²) in [5, 5.41) is 0. The van der Waals surface area contributed by atoms with Crippen LogP contribution in [0.1, 0.15) is 92.8 Å². The van der Waals surface area contributed by atoms with Gasteiger partial charge in [0.1, 0.15) is 72.1 Å². The van der Waals surface area contributed by atoms with Gasteiger partial charge in [0.2, 0.25) is 0 Å². The lowest BCUT2D eigenvalue weighted by Gasteiger charge is -2.26. The zero-order valence-electron chi connectivity index (χ0n) is 44.7. The van der Waals surface area contributed by atoms with Crippen molar-refractivity contribution < 1.29 is 105 Å². The molecule has 0 aliphatic heterocycles. The van der Waals surface area contributed by atoms with Crippen molar-refractivity contribution in [1.82, 2.24) is 0 Å². The van der Waals surface area contributed by atoms with Gasteiger partial charge in [-0.1, -0.05) is 26.3 Å². The second-order valence-electron chi connectivity index (χ2n) is 17.4. The lowest BCUT2D eigenvalue weighted by Crippen LogP contribution is -2.30. The van der Waals surface area contributed by atoms with Crippen LogP contribution in [0.2, 0.25) is 0 Å². The molecule has 1 aliphatic rings. The Labute approximate surface area is 471 Å². The summed E-state index contributed by atoms with van der Waals surface area (Å²) >= 11 is 0. The number of benzene rings is 4. The first-order valence-corrected chi connectivity index (χ1v) is 25.7. The highest BCUT2D eigenvalue weighted by Gasteiger charge is 2.33. The van der Waals surface area contributed by atoms with E-state index in [9.17, 15) is 47.9 Å². The minimum atomic E-state index is -1.01. The molecule has 1 saturated carbocycles. The number of hydrogen-bond acceptors (Lipinski definition) is 22. The number of carbonyl (C=O) groups excluding carboxylic acids is 10. The second kappa shape index (κ2) is 33.5. The fraction of sp³-hybridized carbons (Fsp3) is 0.300. The van der Waals surface area contributed by atoms with Crippen LogP contribution in [0.3, 0.4) is 0 Å². The molecule has 0 atom stereocenters. The van der Waals surface area contributed by atoms with E-state index in [1.807, 2.05) is 0 Å². The van der Waals surface area contributed by atoms with Crippen molar-refractivity contribution in [1.29, 1.82) is 0 Å². The third-order valence-electron chi connectivity index (χ3n) is 11.6. The van der Waals surface area contributed by atoms with Gasteiger partial charge in [-0.2, -0.15) is 0 Å². The van der Waals surface area contributed by atoms with Crippen LogP contribution >= 0.6 is 0 Å². The summed E-state index contributed by atoms with van der Waals surface area (Å²) in [6.07, 6.45) is 7.06. The number of esters is 10. The van der Waals surface area contributed by atoms with E-state index in [1.165, 1.54) is 48.5 Å². The molecule has 1 fully saturated rings. The molecule has 0 unspecified atom stereocenters. The summed E-state index contributed by atoms with van der Waals surface area (Å²) in [4.78, 5) is 126. The van der Waals surface area contributed by atoms with Gasteiger partial charge in [0.25, 0.3) is 0 Å². The van der Waals surface area contributed by atoms with Crippen molar-refractivity contribution in [2.45, 2.75) is 51.4 Å². The molecule has 432 valence electrons. The van der Waals surface area contributed by atoms with Crippen LogP contribution < -0.4 is 28.4 Å². The van der Waals surface area contributed by atoms with Gasteiger partial charge in [-0.25, -0.2) is 38.4 Å². The standard InChI is InChI=1S/C60H60O22/c1-5-51(61)73-31-11-9-29-71-43-21-17-41(18-22-43)57(67)81-49-27-25-45(37-47(49)59(69)77-35-33-75-53(63)7-3)79-55(65)39-13-15-40(16-14-39)56(66)80-46-26-28-50(48(38-46)60(70)78-36-34-76-54(64)8-4)82-58(68)42-19-23-44(24-20-42)72-30-10-12-32-74-52(62)6-2/h5-8,17-28,37-40H,1-4,9-16,29-36H2. The fourth-order valence-electron chi connectivity index (χ4n) is 7.38. The first kappa shape index (κ1) is 63.0. The van der Waals surface area contributed by atoms with E-state index in [2.05, 4.69) is 26.3 Å². The van der Waals surface area contributed by atoms with Crippen LogP contribution in [0.5, 0.6) is 34.5 Å². The Morgan fingerprint density at radius 2 is 0.659 bits per heavy atom. The van der Waals surface area contributed by atoms with Gasteiger partial charge in [-0.05, 0) is 136 Å². The molecule has 0 N–H and O–H groups in total. The van der Waals surface area contributed by atoms with Gasteiger partial charge in [0.15, 0.2) is 0 Å². The molecule has 82 heavy (non-hydrogen) atoms. The Morgan fingerprint density at radius 1 is 0.354 bits per heavy atom. The molecule has 0 bridgehead atoms. The number of carbonyl (C=O) groups is 10. The highest BCUT2D eigenvalue weighted by atomic mass is 16.6. The Balaban J connectivity index is 1.19. The minimum absolute atomic E-state index is 0.0977. The summed E-state index contributed by atoms with van der Waals surface area (Å²) in [5.74, 6) is -8.78. The molecular formula is C60H60O22. The van der Waals surface area contributed by atoms with Gasteiger partial charge in [-0.15, -0.1) is 0 Å². The summed E-state index contributed by atoms with van der Waals surface area (Å²) in [7, 11) is 0. The molecule has 0 heterocycles. The zero-order valence-corrected chi connectivity index (χ0v) is 44.7. The number of rotatable bonds is 32. The van der Waals surface area contributed by atoms with Gasteiger partial charge in [0.05, 0.1) is 49.4 Å². The molecule has 22 nitrogen and oxygen atoms in total. The van der Waals surface area contributed by atoms with E-state index >= 15 is 0 Å². The Bertz CT molecular complexity index is 2750. The van der Waals surface area contributed by atoms with E-state index in [0.29, 0.717) is 50.4 Å². The zero-order chi connectivity index (χ0) is 59.2. The Kier molecular flexibility index (Phi) is 25.8. The number of unbranched alkanes of at least 4 members (excludes halogenated alkanes) is 2. The van der Waals surface area contributed by atoms with Gasteiger partial charge in [-0.3, -0.25) is 9.59 Å². The first-order chi connectivity index (χ1) is 39.6. The van der Waals surface area contributed by atoms with Gasteiger partial charge < -0.3 is 56.8 Å². The van der Waals surface area contributed by atoms with E-state index in [-0.39, 0.29) is 111 Å². The highest BCUT2D eigenvalue weighted by Crippen LogP contribution is 2.34. The lowest BCUT2D eigenvalue weighted by atomic mass is 9.82. The first-order valence-electron chi connectivity index (χ1n) is 25.7. The molecule has 0 aromatic heterocycles. The Hall–Kier alpha value is -9.86. The molecule has 0 amide bonds. The molecule has 5 rings (SSSR count). The molecule has 4 aromatic carbocycles. The normalized spacial score (nSPS) is 13.2. The van der Waals surface area contributed by atoms with E-state index in [4.69, 9.17) is 56.8 Å². The summed E-state index contributed by atoms with van der Waals surface area (Å²) in [5.41, 5.74) is -0.410. The summed E-state index contributed by atoms with van der Waals surface area (Å²) in [6.45, 7) is 12.9. The average molecular weight is 1130 g/mol. The third kappa shape index (κ3) is 21.1. The smallest absolute Gasteiger partial charge is 0.343 e. The predicted octanol–water partition coefficient (Wildman–Crippen LogP) is 7.99. The van der Waals surface area contributed by atoms with Crippen LogP contribution in [-0.2, 0) is 57.2 Å². The number of hydrogen-bond donors (Lipinski definition) is 0. The topological polar surface area (TPSA) is 281 Å². The maximum absolute atomic E-state index is 13.5. The largest absolute Gasteiger partial charge is 0.494 e. The molecule has 4 aromatic rings. The van der Waals surface area contributed by atoms with Crippen LogP contribution in [-0.4, -0.2) is 113 Å². The van der Waals surface area contributed by atoms with Crippen LogP contribution in [0, 0.1) is 11.8 Å². The fourth-order valence-corrected chi connectivity index (χ4v) is 7.38. The van der Waals surface area contributed by atoms with E-state index < -0.39 is 71.5 Å². The van der Waals surface area contributed by atoms with Gasteiger partial charge in [0, 0.05) is 24.3 Å². The van der Waals surface area contributed by atoms with Gasteiger partial charge >= 0.3 is 59.7 Å². The van der Waals surface area contributed by atoms with Crippen molar-refractivity contribution >= 4 is 59.7 Å². The maximum atomic E-state index is 13.5. The average Bonchev–Trinajstić information content (AvgIpc) is 3.49. The van der Waals surface area contributed by atoms with E-state index in [0.717, 1.165) is 36.4 Å².